The molecule has 0 radical (unpaired) electrons. The van der Waals surface area contributed by atoms with Gasteiger partial charge >= 0.3 is 0 Å². The molecular weight excluding hydrogens is 258 g/mol. The lowest BCUT2D eigenvalue weighted by molar-refractivity contribution is 0.297. The topological polar surface area (TPSA) is 22.1 Å². The molecule has 0 aliphatic heterocycles. The molecule has 0 unspecified atom stereocenters. The Labute approximate surface area is 119 Å². The van der Waals surface area contributed by atoms with Crippen LogP contribution in [0, 0.1) is 6.92 Å². The van der Waals surface area contributed by atoms with Gasteiger partial charge in [0.05, 0.1) is 5.69 Å². The zero-order valence-electron chi connectivity index (χ0n) is 11.5. The number of ether oxygens (including phenoxy) is 1. The number of benzene rings is 1. The monoisotopic (exact) mass is 275 g/mol. The summed E-state index contributed by atoms with van der Waals surface area (Å²) in [6, 6.07) is 9.89. The van der Waals surface area contributed by atoms with Crippen molar-refractivity contribution < 1.29 is 4.74 Å². The van der Waals surface area contributed by atoms with Gasteiger partial charge in [0, 0.05) is 11.2 Å². The van der Waals surface area contributed by atoms with E-state index in [0.717, 1.165) is 11.4 Å². The maximum Gasteiger partial charge on any atom is 0.130 e. The SMILES string of the molecule is Cc1ccc(C(C)C)c(OCc2cc(Cl)ccn2)c1. The molecule has 0 spiro atoms. The Hall–Kier alpha value is -1.54. The number of halogens is 1. The predicted molar refractivity (Wildman–Crippen MR) is 78.8 cm³/mol. The van der Waals surface area contributed by atoms with E-state index in [1.165, 1.54) is 11.1 Å². The molecule has 0 bridgehead atoms. The van der Waals surface area contributed by atoms with E-state index in [0.29, 0.717) is 17.5 Å². The number of aromatic nitrogens is 1. The van der Waals surface area contributed by atoms with Crippen LogP contribution in [0.5, 0.6) is 5.75 Å². The van der Waals surface area contributed by atoms with Gasteiger partial charge in [-0.1, -0.05) is 37.6 Å². The van der Waals surface area contributed by atoms with Crippen molar-refractivity contribution in [1.29, 1.82) is 0 Å². The van der Waals surface area contributed by atoms with Gasteiger partial charge in [-0.3, -0.25) is 4.98 Å². The summed E-state index contributed by atoms with van der Waals surface area (Å²) >= 11 is 5.94. The summed E-state index contributed by atoms with van der Waals surface area (Å²) < 4.78 is 5.90. The first-order chi connectivity index (χ1) is 9.06. The third-order valence-corrected chi connectivity index (χ3v) is 3.18. The number of rotatable bonds is 4. The minimum Gasteiger partial charge on any atom is -0.487 e. The van der Waals surface area contributed by atoms with Gasteiger partial charge in [0.2, 0.25) is 0 Å². The highest BCUT2D eigenvalue weighted by atomic mass is 35.5. The van der Waals surface area contributed by atoms with Crippen LogP contribution in [-0.4, -0.2) is 4.98 Å². The van der Waals surface area contributed by atoms with E-state index in [9.17, 15) is 0 Å². The maximum atomic E-state index is 5.94. The van der Waals surface area contributed by atoms with Gasteiger partial charge in [-0.25, -0.2) is 0 Å². The fraction of sp³-hybridized carbons (Fsp3) is 0.312. The molecule has 0 atom stereocenters. The van der Waals surface area contributed by atoms with Gasteiger partial charge in [-0.2, -0.15) is 0 Å². The van der Waals surface area contributed by atoms with Gasteiger partial charge in [0.1, 0.15) is 12.4 Å². The van der Waals surface area contributed by atoms with Crippen molar-refractivity contribution in [3.05, 3.63) is 58.4 Å². The minimum atomic E-state index is 0.433. The van der Waals surface area contributed by atoms with Crippen molar-refractivity contribution in [2.24, 2.45) is 0 Å². The van der Waals surface area contributed by atoms with Crippen molar-refractivity contribution in [3.8, 4) is 5.75 Å². The Bertz CT molecular complexity index is 566. The molecule has 19 heavy (non-hydrogen) atoms. The molecule has 0 aliphatic carbocycles. The first-order valence-electron chi connectivity index (χ1n) is 6.40. The molecule has 1 aromatic carbocycles. The third-order valence-electron chi connectivity index (χ3n) is 2.95. The van der Waals surface area contributed by atoms with Gasteiger partial charge in [0.25, 0.3) is 0 Å². The van der Waals surface area contributed by atoms with Crippen LogP contribution < -0.4 is 4.74 Å². The normalized spacial score (nSPS) is 10.8. The quantitative estimate of drug-likeness (QED) is 0.804. The van der Waals surface area contributed by atoms with Crippen molar-refractivity contribution in [3.63, 3.8) is 0 Å². The minimum absolute atomic E-state index is 0.433. The van der Waals surface area contributed by atoms with Crippen LogP contribution in [0.15, 0.2) is 36.5 Å². The summed E-state index contributed by atoms with van der Waals surface area (Å²) in [6.45, 7) is 6.82. The fourth-order valence-corrected chi connectivity index (χ4v) is 2.11. The molecular formula is C16H18ClNO. The zero-order valence-corrected chi connectivity index (χ0v) is 12.2. The largest absolute Gasteiger partial charge is 0.487 e. The Balaban J connectivity index is 2.17. The van der Waals surface area contributed by atoms with Crippen molar-refractivity contribution in [2.75, 3.05) is 0 Å². The molecule has 2 rings (SSSR count). The van der Waals surface area contributed by atoms with E-state index >= 15 is 0 Å². The Morgan fingerprint density at radius 3 is 2.68 bits per heavy atom. The van der Waals surface area contributed by atoms with E-state index in [1.807, 2.05) is 6.07 Å². The summed E-state index contributed by atoms with van der Waals surface area (Å²) in [6.07, 6.45) is 1.70. The number of hydrogen-bond acceptors (Lipinski definition) is 2. The van der Waals surface area contributed by atoms with Gasteiger partial charge < -0.3 is 4.74 Å². The molecule has 100 valence electrons. The van der Waals surface area contributed by atoms with E-state index in [1.54, 1.807) is 12.3 Å². The van der Waals surface area contributed by atoms with Gasteiger partial charge in [0.15, 0.2) is 0 Å². The predicted octanol–water partition coefficient (Wildman–Crippen LogP) is 4.75. The molecule has 0 N–H and O–H groups in total. The smallest absolute Gasteiger partial charge is 0.130 e. The van der Waals surface area contributed by atoms with Crippen LogP contribution in [0.4, 0.5) is 0 Å². The molecule has 0 amide bonds. The first kappa shape index (κ1) is 13.9. The van der Waals surface area contributed by atoms with Gasteiger partial charge in [-0.15, -0.1) is 0 Å². The third kappa shape index (κ3) is 3.71. The summed E-state index contributed by atoms with van der Waals surface area (Å²) in [5, 5.41) is 0.682. The summed E-state index contributed by atoms with van der Waals surface area (Å²) in [5.41, 5.74) is 3.25. The number of nitrogens with zero attached hydrogens (tertiary/aromatic N) is 1. The Morgan fingerprint density at radius 1 is 1.21 bits per heavy atom. The lowest BCUT2D eigenvalue weighted by Gasteiger charge is -2.14. The van der Waals surface area contributed by atoms with Crippen LogP contribution in [-0.2, 0) is 6.61 Å². The standard InChI is InChI=1S/C16H18ClNO/c1-11(2)15-5-4-12(3)8-16(15)19-10-14-9-13(17)6-7-18-14/h4-9,11H,10H2,1-3H3. The van der Waals surface area contributed by atoms with Crippen LogP contribution in [0.25, 0.3) is 0 Å². The molecule has 2 aromatic rings. The number of hydrogen-bond donors (Lipinski definition) is 0. The lowest BCUT2D eigenvalue weighted by Crippen LogP contribution is -2.01. The Morgan fingerprint density at radius 2 is 2.00 bits per heavy atom. The number of pyridine rings is 1. The van der Waals surface area contributed by atoms with E-state index < -0.39 is 0 Å². The molecule has 1 heterocycles. The molecule has 0 saturated carbocycles. The van der Waals surface area contributed by atoms with Crippen LogP contribution in [0.2, 0.25) is 5.02 Å². The highest BCUT2D eigenvalue weighted by molar-refractivity contribution is 6.30. The highest BCUT2D eigenvalue weighted by Crippen LogP contribution is 2.28. The second-order valence-corrected chi connectivity index (χ2v) is 5.39. The summed E-state index contributed by atoms with van der Waals surface area (Å²) in [4.78, 5) is 4.24. The molecule has 2 nitrogen and oxygen atoms in total. The molecule has 3 heteroatoms. The molecule has 0 fully saturated rings. The Kier molecular flexibility index (Phi) is 4.43. The van der Waals surface area contributed by atoms with Gasteiger partial charge in [-0.05, 0) is 42.2 Å². The van der Waals surface area contributed by atoms with Crippen molar-refractivity contribution >= 4 is 11.6 Å². The fourth-order valence-electron chi connectivity index (χ4n) is 1.92. The lowest BCUT2D eigenvalue weighted by atomic mass is 10.0. The van der Waals surface area contributed by atoms with Crippen molar-refractivity contribution in [2.45, 2.75) is 33.3 Å². The van der Waals surface area contributed by atoms with E-state index in [2.05, 4.69) is 44.0 Å². The number of aryl methyl sites for hydroxylation is 1. The summed E-state index contributed by atoms with van der Waals surface area (Å²) in [5.74, 6) is 1.36. The van der Waals surface area contributed by atoms with E-state index in [-0.39, 0.29) is 0 Å². The zero-order chi connectivity index (χ0) is 13.8. The van der Waals surface area contributed by atoms with Crippen LogP contribution in [0.1, 0.15) is 36.6 Å². The maximum absolute atomic E-state index is 5.94. The molecule has 0 aliphatic rings. The summed E-state index contributed by atoms with van der Waals surface area (Å²) in [7, 11) is 0. The first-order valence-corrected chi connectivity index (χ1v) is 6.78. The van der Waals surface area contributed by atoms with Crippen molar-refractivity contribution in [1.82, 2.24) is 4.98 Å². The average molecular weight is 276 g/mol. The van der Waals surface area contributed by atoms with E-state index in [4.69, 9.17) is 16.3 Å². The highest BCUT2D eigenvalue weighted by Gasteiger charge is 2.08. The average Bonchev–Trinajstić information content (AvgIpc) is 2.36. The second kappa shape index (κ2) is 6.07. The second-order valence-electron chi connectivity index (χ2n) is 4.95. The molecule has 0 saturated heterocycles. The molecule has 1 aromatic heterocycles. The van der Waals surface area contributed by atoms with Crippen LogP contribution >= 0.6 is 11.6 Å². The van der Waals surface area contributed by atoms with Crippen LogP contribution in [0.3, 0.4) is 0 Å².